The molecule has 1 aromatic carbocycles. The van der Waals surface area contributed by atoms with E-state index < -0.39 is 11.8 Å². The Morgan fingerprint density at radius 2 is 2.06 bits per heavy atom. The molecule has 0 aliphatic carbocycles. The van der Waals surface area contributed by atoms with E-state index in [0.717, 1.165) is 11.8 Å². The monoisotopic (exact) mass is 242 g/mol. The van der Waals surface area contributed by atoms with Gasteiger partial charge in [-0.1, -0.05) is 12.1 Å². The molecular weight excluding hydrogens is 231 g/mol. The van der Waals surface area contributed by atoms with Gasteiger partial charge in [-0.05, 0) is 18.6 Å². The molecule has 16 heavy (non-hydrogen) atoms. The van der Waals surface area contributed by atoms with Gasteiger partial charge >= 0.3 is 5.97 Å². The van der Waals surface area contributed by atoms with Crippen molar-refractivity contribution in [3.63, 3.8) is 0 Å². The van der Waals surface area contributed by atoms with Crippen LogP contribution in [0.1, 0.15) is 15.9 Å². The molecule has 0 bridgehead atoms. The highest BCUT2D eigenvalue weighted by Gasteiger charge is 2.09. The van der Waals surface area contributed by atoms with Gasteiger partial charge in [0.2, 0.25) is 0 Å². The van der Waals surface area contributed by atoms with E-state index in [9.17, 15) is 14.0 Å². The molecule has 0 fully saturated rings. The zero-order valence-electron chi connectivity index (χ0n) is 8.70. The van der Waals surface area contributed by atoms with E-state index in [-0.39, 0.29) is 22.9 Å². The highest BCUT2D eigenvalue weighted by atomic mass is 32.2. The van der Waals surface area contributed by atoms with Gasteiger partial charge in [-0.2, -0.15) is 0 Å². The quantitative estimate of drug-likeness (QED) is 0.804. The molecule has 0 aliphatic rings. The molecule has 3 nitrogen and oxygen atoms in total. The summed E-state index contributed by atoms with van der Waals surface area (Å²) >= 11 is 1.00. The zero-order chi connectivity index (χ0) is 12.1. The SMILES string of the molecule is Cc1ccc(C(=O)CSCC(=O)O)cc1F. The Balaban J connectivity index is 2.59. The van der Waals surface area contributed by atoms with Crippen molar-refractivity contribution < 1.29 is 19.1 Å². The van der Waals surface area contributed by atoms with Gasteiger partial charge in [0.1, 0.15) is 5.82 Å². The molecule has 0 aliphatic heterocycles. The van der Waals surface area contributed by atoms with Crippen molar-refractivity contribution in [2.24, 2.45) is 0 Å². The highest BCUT2D eigenvalue weighted by molar-refractivity contribution is 8.00. The van der Waals surface area contributed by atoms with Gasteiger partial charge < -0.3 is 5.11 Å². The smallest absolute Gasteiger partial charge is 0.313 e. The molecule has 0 aromatic heterocycles. The number of halogens is 1. The van der Waals surface area contributed by atoms with Crippen molar-refractivity contribution in [1.29, 1.82) is 0 Å². The van der Waals surface area contributed by atoms with Crippen molar-refractivity contribution in [2.75, 3.05) is 11.5 Å². The fraction of sp³-hybridized carbons (Fsp3) is 0.273. The lowest BCUT2D eigenvalue weighted by molar-refractivity contribution is -0.133. The number of carbonyl (C=O) groups excluding carboxylic acids is 1. The minimum absolute atomic E-state index is 0.0504. The van der Waals surface area contributed by atoms with E-state index in [1.807, 2.05) is 0 Å². The van der Waals surface area contributed by atoms with Crippen LogP contribution in [0.25, 0.3) is 0 Å². The molecule has 86 valence electrons. The summed E-state index contributed by atoms with van der Waals surface area (Å²) in [6, 6.07) is 4.26. The summed E-state index contributed by atoms with van der Waals surface area (Å²) in [5.41, 5.74) is 0.760. The van der Waals surface area contributed by atoms with Crippen LogP contribution in [0.5, 0.6) is 0 Å². The first-order valence-corrected chi connectivity index (χ1v) is 5.75. The van der Waals surface area contributed by atoms with Crippen molar-refractivity contribution in [1.82, 2.24) is 0 Å². The maximum Gasteiger partial charge on any atom is 0.313 e. The Morgan fingerprint density at radius 3 is 2.62 bits per heavy atom. The van der Waals surface area contributed by atoms with Crippen LogP contribution in [0.2, 0.25) is 0 Å². The molecule has 0 unspecified atom stereocenters. The molecule has 0 heterocycles. The number of thioether (sulfide) groups is 1. The van der Waals surface area contributed by atoms with Crippen LogP contribution in [0.4, 0.5) is 4.39 Å². The number of carboxylic acid groups (broad SMARTS) is 1. The highest BCUT2D eigenvalue weighted by Crippen LogP contribution is 2.12. The lowest BCUT2D eigenvalue weighted by atomic mass is 10.1. The second-order valence-electron chi connectivity index (χ2n) is 3.27. The van der Waals surface area contributed by atoms with Gasteiger partial charge in [-0.3, -0.25) is 9.59 Å². The molecule has 0 radical (unpaired) electrons. The molecule has 0 spiro atoms. The van der Waals surface area contributed by atoms with E-state index in [1.165, 1.54) is 12.1 Å². The predicted molar refractivity (Wildman–Crippen MR) is 60.4 cm³/mol. The number of hydrogen-bond donors (Lipinski definition) is 1. The standard InChI is InChI=1S/C11H11FO3S/c1-7-2-3-8(4-9(7)12)10(13)5-16-6-11(14)15/h2-4H,5-6H2,1H3,(H,14,15). The fourth-order valence-corrected chi connectivity index (χ4v) is 1.71. The number of aryl methyl sites for hydroxylation is 1. The number of ketones is 1. The minimum Gasteiger partial charge on any atom is -0.481 e. The molecule has 1 aromatic rings. The summed E-state index contributed by atoms with van der Waals surface area (Å²) in [7, 11) is 0. The van der Waals surface area contributed by atoms with Gasteiger partial charge in [0.25, 0.3) is 0 Å². The first-order valence-electron chi connectivity index (χ1n) is 4.59. The van der Waals surface area contributed by atoms with Crippen molar-refractivity contribution >= 4 is 23.5 Å². The Bertz CT molecular complexity index is 418. The predicted octanol–water partition coefficient (Wildman–Crippen LogP) is 2.13. The topological polar surface area (TPSA) is 54.4 Å². The molecule has 5 heteroatoms. The Labute approximate surface area is 96.7 Å². The molecule has 0 saturated carbocycles. The van der Waals surface area contributed by atoms with Gasteiger partial charge in [0, 0.05) is 5.56 Å². The first kappa shape index (κ1) is 12.7. The molecule has 1 rings (SSSR count). The van der Waals surface area contributed by atoms with Crippen molar-refractivity contribution in [2.45, 2.75) is 6.92 Å². The summed E-state index contributed by atoms with van der Waals surface area (Å²) in [5.74, 6) is -1.72. The third kappa shape index (κ3) is 3.66. The van der Waals surface area contributed by atoms with Crippen LogP contribution in [0.15, 0.2) is 18.2 Å². The number of carboxylic acids is 1. The normalized spacial score (nSPS) is 10.1. The second-order valence-corrected chi connectivity index (χ2v) is 4.26. The Hall–Kier alpha value is -1.36. The van der Waals surface area contributed by atoms with E-state index in [2.05, 4.69) is 0 Å². The van der Waals surface area contributed by atoms with Crippen molar-refractivity contribution in [3.05, 3.63) is 35.1 Å². The maximum absolute atomic E-state index is 13.1. The third-order valence-electron chi connectivity index (χ3n) is 1.95. The summed E-state index contributed by atoms with van der Waals surface area (Å²) < 4.78 is 13.1. The van der Waals surface area contributed by atoms with Crippen LogP contribution in [-0.4, -0.2) is 28.4 Å². The fourth-order valence-electron chi connectivity index (χ4n) is 1.08. The molecule has 0 saturated heterocycles. The number of aliphatic carboxylic acids is 1. The number of benzene rings is 1. The zero-order valence-corrected chi connectivity index (χ0v) is 9.51. The van der Waals surface area contributed by atoms with Gasteiger partial charge in [0.05, 0.1) is 11.5 Å². The molecule has 0 atom stereocenters. The number of rotatable bonds is 5. The van der Waals surface area contributed by atoms with Crippen LogP contribution in [0, 0.1) is 12.7 Å². The number of hydrogen-bond acceptors (Lipinski definition) is 3. The van der Waals surface area contributed by atoms with Crippen LogP contribution in [0.3, 0.4) is 0 Å². The third-order valence-corrected chi connectivity index (χ3v) is 2.87. The van der Waals surface area contributed by atoms with E-state index in [1.54, 1.807) is 13.0 Å². The lowest BCUT2D eigenvalue weighted by Crippen LogP contribution is -2.06. The summed E-state index contributed by atoms with van der Waals surface area (Å²) in [6.07, 6.45) is 0. The minimum atomic E-state index is -0.965. The summed E-state index contributed by atoms with van der Waals surface area (Å²) in [6.45, 7) is 1.61. The van der Waals surface area contributed by atoms with Crippen LogP contribution in [-0.2, 0) is 4.79 Å². The van der Waals surface area contributed by atoms with E-state index in [4.69, 9.17) is 5.11 Å². The number of carbonyl (C=O) groups is 2. The second kappa shape index (κ2) is 5.65. The van der Waals surface area contributed by atoms with Crippen molar-refractivity contribution in [3.8, 4) is 0 Å². The van der Waals surface area contributed by atoms with Gasteiger partial charge in [-0.25, -0.2) is 4.39 Å². The molecule has 0 amide bonds. The lowest BCUT2D eigenvalue weighted by Gasteiger charge is -2.01. The average molecular weight is 242 g/mol. The van der Waals surface area contributed by atoms with Crippen LogP contribution >= 0.6 is 11.8 Å². The van der Waals surface area contributed by atoms with Gasteiger partial charge in [-0.15, -0.1) is 11.8 Å². The Morgan fingerprint density at radius 1 is 1.38 bits per heavy atom. The summed E-state index contributed by atoms with van der Waals surface area (Å²) in [4.78, 5) is 21.7. The Kier molecular flexibility index (Phi) is 4.49. The van der Waals surface area contributed by atoms with Crippen LogP contribution < -0.4 is 0 Å². The number of Topliss-reactive ketones (excluding diaryl/α,β-unsaturated/α-hetero) is 1. The van der Waals surface area contributed by atoms with E-state index >= 15 is 0 Å². The molecular formula is C11H11FO3S. The first-order chi connectivity index (χ1) is 7.50. The average Bonchev–Trinajstić information content (AvgIpc) is 2.21. The largest absolute Gasteiger partial charge is 0.481 e. The maximum atomic E-state index is 13.1. The van der Waals surface area contributed by atoms with E-state index in [0.29, 0.717) is 5.56 Å². The summed E-state index contributed by atoms with van der Waals surface area (Å²) in [5, 5.41) is 8.39. The molecule has 1 N–H and O–H groups in total. The van der Waals surface area contributed by atoms with Gasteiger partial charge in [0.15, 0.2) is 5.78 Å².